The van der Waals surface area contributed by atoms with Crippen LogP contribution in [0.1, 0.15) is 11.1 Å². The van der Waals surface area contributed by atoms with Gasteiger partial charge in [-0.1, -0.05) is 22.0 Å². The van der Waals surface area contributed by atoms with Crippen molar-refractivity contribution in [3.05, 3.63) is 63.4 Å². The number of benzene rings is 2. The molecular formula is C14H8BrF3N2. The quantitative estimate of drug-likeness (QED) is 0.901. The largest absolute Gasteiger partial charge is 0.376 e. The van der Waals surface area contributed by atoms with Gasteiger partial charge in [-0.25, -0.2) is 13.2 Å². The maximum Gasteiger partial charge on any atom is 0.150 e. The molecule has 0 radical (unpaired) electrons. The van der Waals surface area contributed by atoms with Crippen molar-refractivity contribution in [2.45, 2.75) is 6.54 Å². The molecule has 2 rings (SSSR count). The molecule has 0 bridgehead atoms. The molecule has 1 N–H and O–H groups in total. The summed E-state index contributed by atoms with van der Waals surface area (Å²) in [5, 5.41) is 11.3. The molecule has 2 aromatic carbocycles. The van der Waals surface area contributed by atoms with Gasteiger partial charge >= 0.3 is 0 Å². The van der Waals surface area contributed by atoms with Crippen LogP contribution < -0.4 is 5.32 Å². The predicted molar refractivity (Wildman–Crippen MR) is 72.5 cm³/mol. The summed E-state index contributed by atoms with van der Waals surface area (Å²) in [5.41, 5.74) is 0.168. The Bertz CT molecular complexity index is 672. The molecule has 0 saturated carbocycles. The van der Waals surface area contributed by atoms with Crippen LogP contribution in [0.5, 0.6) is 0 Å². The first-order valence-corrected chi connectivity index (χ1v) is 6.37. The topological polar surface area (TPSA) is 35.8 Å². The third-order valence-corrected chi connectivity index (χ3v) is 3.09. The maximum atomic E-state index is 13.6. The van der Waals surface area contributed by atoms with E-state index in [1.165, 1.54) is 12.1 Å². The summed E-state index contributed by atoms with van der Waals surface area (Å²) >= 11 is 2.98. The molecule has 0 heterocycles. The van der Waals surface area contributed by atoms with Gasteiger partial charge in [-0.3, -0.25) is 0 Å². The molecule has 2 nitrogen and oxygen atoms in total. The third kappa shape index (κ3) is 3.11. The number of nitrogens with zero attached hydrogens (tertiary/aromatic N) is 1. The van der Waals surface area contributed by atoms with Crippen molar-refractivity contribution in [3.63, 3.8) is 0 Å². The number of hydrogen-bond donors (Lipinski definition) is 1. The summed E-state index contributed by atoms with van der Waals surface area (Å²) in [7, 11) is 0. The Morgan fingerprint density at radius 2 is 1.70 bits per heavy atom. The highest BCUT2D eigenvalue weighted by Crippen LogP contribution is 2.24. The molecule has 0 unspecified atom stereocenters. The average Bonchev–Trinajstić information content (AvgIpc) is 2.39. The van der Waals surface area contributed by atoms with Crippen molar-refractivity contribution in [2.24, 2.45) is 0 Å². The van der Waals surface area contributed by atoms with E-state index in [9.17, 15) is 13.2 Å². The normalized spacial score (nSPS) is 10.2. The first-order valence-electron chi connectivity index (χ1n) is 5.58. The van der Waals surface area contributed by atoms with Gasteiger partial charge < -0.3 is 5.32 Å². The Hall–Kier alpha value is -2.00. The Morgan fingerprint density at radius 1 is 1.05 bits per heavy atom. The monoisotopic (exact) mass is 340 g/mol. The van der Waals surface area contributed by atoms with Crippen LogP contribution in [-0.4, -0.2) is 0 Å². The zero-order chi connectivity index (χ0) is 14.7. The minimum Gasteiger partial charge on any atom is -0.376 e. The summed E-state index contributed by atoms with van der Waals surface area (Å²) in [6.45, 7) is 0.0738. The molecule has 0 saturated heterocycles. The zero-order valence-electron chi connectivity index (χ0n) is 10.1. The molecule has 0 aliphatic rings. The summed E-state index contributed by atoms with van der Waals surface area (Å²) in [4.78, 5) is 0. The van der Waals surface area contributed by atoms with Crippen LogP contribution in [0.15, 0.2) is 34.8 Å². The van der Waals surface area contributed by atoms with E-state index in [0.717, 1.165) is 18.2 Å². The lowest BCUT2D eigenvalue weighted by Crippen LogP contribution is -2.04. The Balaban J connectivity index is 2.20. The fraction of sp³-hybridized carbons (Fsp3) is 0.0714. The second-order valence-electron chi connectivity index (χ2n) is 4.02. The molecule has 0 fully saturated rings. The summed E-state index contributed by atoms with van der Waals surface area (Å²) in [6, 6.07) is 7.89. The van der Waals surface area contributed by atoms with Crippen molar-refractivity contribution in [2.75, 3.05) is 5.32 Å². The standard InChI is InChI=1S/C14H8BrF3N2/c15-10-4-12(17)14(13(18)5-10)20-7-8-1-2-11(16)9(3-8)6-19/h1-5,20H,7H2. The summed E-state index contributed by atoms with van der Waals surface area (Å²) in [6.07, 6.45) is 0. The van der Waals surface area contributed by atoms with Crippen LogP contribution in [0.4, 0.5) is 18.9 Å². The number of nitriles is 1. The van der Waals surface area contributed by atoms with E-state index in [1.54, 1.807) is 6.07 Å². The van der Waals surface area contributed by atoms with Crippen molar-refractivity contribution < 1.29 is 13.2 Å². The van der Waals surface area contributed by atoms with Crippen LogP contribution in [-0.2, 0) is 6.54 Å². The average molecular weight is 341 g/mol. The lowest BCUT2D eigenvalue weighted by atomic mass is 10.1. The van der Waals surface area contributed by atoms with Gasteiger partial charge in [0.05, 0.1) is 5.56 Å². The summed E-state index contributed by atoms with van der Waals surface area (Å²) in [5.74, 6) is -2.10. The van der Waals surface area contributed by atoms with Gasteiger partial charge in [0.2, 0.25) is 0 Å². The molecule has 0 aliphatic heterocycles. The molecule has 0 aliphatic carbocycles. The highest BCUT2D eigenvalue weighted by atomic mass is 79.9. The van der Waals surface area contributed by atoms with Crippen LogP contribution in [0.3, 0.4) is 0 Å². The van der Waals surface area contributed by atoms with E-state index in [-0.39, 0.29) is 17.8 Å². The molecule has 20 heavy (non-hydrogen) atoms. The van der Waals surface area contributed by atoms with Crippen molar-refractivity contribution in [3.8, 4) is 6.07 Å². The summed E-state index contributed by atoms with van der Waals surface area (Å²) < 4.78 is 40.6. The van der Waals surface area contributed by atoms with Gasteiger partial charge in [0, 0.05) is 11.0 Å². The van der Waals surface area contributed by atoms with Gasteiger partial charge in [0.15, 0.2) is 0 Å². The number of hydrogen-bond acceptors (Lipinski definition) is 2. The Labute approximate surface area is 122 Å². The lowest BCUT2D eigenvalue weighted by molar-refractivity contribution is 0.586. The smallest absolute Gasteiger partial charge is 0.150 e. The van der Waals surface area contributed by atoms with Crippen LogP contribution in [0.2, 0.25) is 0 Å². The fourth-order valence-electron chi connectivity index (χ4n) is 1.67. The van der Waals surface area contributed by atoms with Gasteiger partial charge in [0.1, 0.15) is 29.2 Å². The van der Waals surface area contributed by atoms with Gasteiger partial charge in [-0.05, 0) is 29.8 Å². The molecule has 2 aromatic rings. The van der Waals surface area contributed by atoms with Crippen molar-refractivity contribution >= 4 is 21.6 Å². The SMILES string of the molecule is N#Cc1cc(CNc2c(F)cc(Br)cc2F)ccc1F. The van der Waals surface area contributed by atoms with Crippen LogP contribution in [0.25, 0.3) is 0 Å². The minimum absolute atomic E-state index is 0.0738. The lowest BCUT2D eigenvalue weighted by Gasteiger charge is -2.09. The van der Waals surface area contributed by atoms with Crippen molar-refractivity contribution in [1.29, 1.82) is 5.26 Å². The van der Waals surface area contributed by atoms with E-state index < -0.39 is 17.5 Å². The molecule has 0 spiro atoms. The highest BCUT2D eigenvalue weighted by Gasteiger charge is 2.10. The van der Waals surface area contributed by atoms with E-state index in [0.29, 0.717) is 10.0 Å². The number of rotatable bonds is 3. The van der Waals surface area contributed by atoms with Crippen molar-refractivity contribution in [1.82, 2.24) is 0 Å². The van der Waals surface area contributed by atoms with E-state index in [2.05, 4.69) is 21.2 Å². The maximum absolute atomic E-state index is 13.6. The number of anilines is 1. The minimum atomic E-state index is -0.737. The third-order valence-electron chi connectivity index (χ3n) is 2.63. The molecule has 0 amide bonds. The van der Waals surface area contributed by atoms with Gasteiger partial charge in [0.25, 0.3) is 0 Å². The number of nitrogens with one attached hydrogen (secondary N) is 1. The molecule has 0 aromatic heterocycles. The van der Waals surface area contributed by atoms with E-state index >= 15 is 0 Å². The second-order valence-corrected chi connectivity index (χ2v) is 4.94. The highest BCUT2D eigenvalue weighted by molar-refractivity contribution is 9.10. The van der Waals surface area contributed by atoms with Crippen LogP contribution >= 0.6 is 15.9 Å². The first kappa shape index (κ1) is 14.4. The Morgan fingerprint density at radius 3 is 2.30 bits per heavy atom. The van der Waals surface area contributed by atoms with E-state index in [4.69, 9.17) is 5.26 Å². The van der Waals surface area contributed by atoms with E-state index in [1.807, 2.05) is 0 Å². The first-order chi connectivity index (χ1) is 9.51. The Kier molecular flexibility index (Phi) is 4.30. The molecule has 0 atom stereocenters. The van der Waals surface area contributed by atoms with Crippen LogP contribution in [0, 0.1) is 28.8 Å². The second kappa shape index (κ2) is 5.97. The molecule has 102 valence electrons. The molecular weight excluding hydrogens is 333 g/mol. The van der Waals surface area contributed by atoms with Gasteiger partial charge in [-0.2, -0.15) is 5.26 Å². The fourth-order valence-corrected chi connectivity index (χ4v) is 2.07. The zero-order valence-corrected chi connectivity index (χ0v) is 11.6. The number of halogens is 4. The predicted octanol–water partition coefficient (Wildman–Crippen LogP) is 4.35. The van der Waals surface area contributed by atoms with Gasteiger partial charge in [-0.15, -0.1) is 0 Å². The molecule has 6 heteroatoms.